The number of carboxylic acid groups (broad SMARTS) is 1. The van der Waals surface area contributed by atoms with E-state index in [1.807, 2.05) is 4.90 Å². The molecule has 1 aliphatic carbocycles. The number of nitrogens with one attached hydrogen (secondary N) is 1. The lowest BCUT2D eigenvalue weighted by Gasteiger charge is -2.38. The Hall–Kier alpha value is -3.31. The number of hydroxylamine groups is 1. The standard InChI is InChI=1S/C29H24BrClFN3O5/c30-22-3-1-2-19(25(22)32)24-20(26(36)35(40)18-9-6-16(7-10-18)27(37)38)14-34(13-15-4-5-15)29(24)21-11-8-17(31)12-23(21)33-28(29)39/h1-3,6-12,15,20,24,40H,4-5,13-14H2,(H,33,39)(H,37,38)/t20-,24+,29-/m1/s1. The van der Waals surface area contributed by atoms with E-state index in [1.165, 1.54) is 24.3 Å². The molecule has 1 saturated heterocycles. The molecule has 1 saturated carbocycles. The highest BCUT2D eigenvalue weighted by molar-refractivity contribution is 9.10. The minimum atomic E-state index is -1.43. The van der Waals surface area contributed by atoms with Gasteiger partial charge in [0.15, 0.2) is 0 Å². The van der Waals surface area contributed by atoms with Crippen LogP contribution in [-0.4, -0.2) is 46.1 Å². The first kappa shape index (κ1) is 26.9. The van der Waals surface area contributed by atoms with Crippen LogP contribution in [0, 0.1) is 17.7 Å². The monoisotopic (exact) mass is 627 g/mol. The lowest BCUT2D eigenvalue weighted by molar-refractivity contribution is -0.128. The summed E-state index contributed by atoms with van der Waals surface area (Å²) >= 11 is 9.51. The number of amides is 2. The molecule has 3 aromatic carbocycles. The average molecular weight is 629 g/mol. The van der Waals surface area contributed by atoms with Crippen molar-refractivity contribution in [2.75, 3.05) is 23.5 Å². The van der Waals surface area contributed by atoms with Crippen molar-refractivity contribution in [3.8, 4) is 0 Å². The number of likely N-dealkylation sites (tertiary alicyclic amines) is 1. The number of carbonyl (C=O) groups excluding carboxylic acids is 2. The summed E-state index contributed by atoms with van der Waals surface area (Å²) in [6, 6.07) is 15.0. The topological polar surface area (TPSA) is 110 Å². The Kier molecular flexibility index (Phi) is 6.69. The second-order valence-electron chi connectivity index (χ2n) is 10.5. The van der Waals surface area contributed by atoms with Gasteiger partial charge in [-0.1, -0.05) is 29.8 Å². The van der Waals surface area contributed by atoms with Gasteiger partial charge in [0.1, 0.15) is 11.4 Å². The highest BCUT2D eigenvalue weighted by Crippen LogP contribution is 2.59. The van der Waals surface area contributed by atoms with Crippen LogP contribution in [-0.2, 0) is 15.1 Å². The van der Waals surface area contributed by atoms with Crippen LogP contribution in [0.2, 0.25) is 5.02 Å². The zero-order chi connectivity index (χ0) is 28.3. The molecule has 1 spiro atoms. The lowest BCUT2D eigenvalue weighted by Crippen LogP contribution is -2.51. The van der Waals surface area contributed by atoms with Crippen molar-refractivity contribution in [1.29, 1.82) is 0 Å². The smallest absolute Gasteiger partial charge is 0.335 e. The predicted molar refractivity (Wildman–Crippen MR) is 149 cm³/mol. The summed E-state index contributed by atoms with van der Waals surface area (Å²) in [7, 11) is 0. The maximum Gasteiger partial charge on any atom is 0.335 e. The number of fused-ring (bicyclic) bond motifs is 2. The fourth-order valence-corrected chi connectivity index (χ4v) is 6.73. The van der Waals surface area contributed by atoms with Crippen molar-refractivity contribution >= 4 is 56.7 Å². The summed E-state index contributed by atoms with van der Waals surface area (Å²) in [6.07, 6.45) is 1.97. The van der Waals surface area contributed by atoms with Crippen LogP contribution in [0.25, 0.3) is 0 Å². The fourth-order valence-electron chi connectivity index (χ4n) is 6.17. The zero-order valence-corrected chi connectivity index (χ0v) is 23.3. The van der Waals surface area contributed by atoms with Crippen LogP contribution < -0.4 is 10.4 Å². The molecule has 2 aliphatic heterocycles. The predicted octanol–water partition coefficient (Wildman–Crippen LogP) is 5.64. The molecule has 6 rings (SSSR count). The van der Waals surface area contributed by atoms with Gasteiger partial charge < -0.3 is 10.4 Å². The number of aromatic carboxylic acids is 1. The third-order valence-corrected chi connectivity index (χ3v) is 8.98. The molecule has 3 aliphatic rings. The molecule has 3 N–H and O–H groups in total. The van der Waals surface area contributed by atoms with E-state index in [0.29, 0.717) is 33.8 Å². The van der Waals surface area contributed by atoms with Crippen molar-refractivity contribution in [3.63, 3.8) is 0 Å². The molecule has 40 heavy (non-hydrogen) atoms. The van der Waals surface area contributed by atoms with Gasteiger partial charge in [0.05, 0.1) is 21.6 Å². The first-order valence-corrected chi connectivity index (χ1v) is 14.0. The first-order valence-electron chi connectivity index (χ1n) is 12.8. The molecule has 0 bridgehead atoms. The number of halogens is 3. The SMILES string of the molecule is O=C(O)c1ccc(N(O)C(=O)[C@@H]2CN(CC3CC3)[C@@]3(C(=O)Nc4cc(Cl)ccc43)[C@H]2c2cccc(Br)c2F)cc1. The minimum Gasteiger partial charge on any atom is -0.478 e. The number of hydrogen-bond donors (Lipinski definition) is 3. The van der Waals surface area contributed by atoms with E-state index in [1.54, 1.807) is 36.4 Å². The number of rotatable bonds is 6. The molecule has 2 amide bonds. The molecular weight excluding hydrogens is 605 g/mol. The van der Waals surface area contributed by atoms with Crippen molar-refractivity contribution in [3.05, 3.63) is 92.7 Å². The molecule has 0 unspecified atom stereocenters. The van der Waals surface area contributed by atoms with Gasteiger partial charge in [-0.2, -0.15) is 5.06 Å². The molecule has 2 fully saturated rings. The maximum absolute atomic E-state index is 15.9. The van der Waals surface area contributed by atoms with E-state index in [2.05, 4.69) is 21.2 Å². The fraction of sp³-hybridized carbons (Fsp3) is 0.276. The Labute approximate surface area is 242 Å². The number of anilines is 2. The summed E-state index contributed by atoms with van der Waals surface area (Å²) in [6.45, 7) is 0.607. The van der Waals surface area contributed by atoms with Gasteiger partial charge in [0, 0.05) is 35.3 Å². The Balaban J connectivity index is 1.52. The number of benzene rings is 3. The van der Waals surface area contributed by atoms with Gasteiger partial charge in [-0.05, 0) is 82.7 Å². The molecule has 206 valence electrons. The molecule has 3 aromatic rings. The second kappa shape index (κ2) is 9.95. The normalized spacial score (nSPS) is 23.8. The van der Waals surface area contributed by atoms with E-state index in [-0.39, 0.29) is 33.7 Å². The van der Waals surface area contributed by atoms with Gasteiger partial charge in [0.25, 0.3) is 5.91 Å². The zero-order valence-electron chi connectivity index (χ0n) is 21.0. The van der Waals surface area contributed by atoms with Gasteiger partial charge in [-0.15, -0.1) is 0 Å². The van der Waals surface area contributed by atoms with E-state index < -0.39 is 35.1 Å². The van der Waals surface area contributed by atoms with E-state index in [4.69, 9.17) is 11.6 Å². The number of nitrogens with zero attached hydrogens (tertiary/aromatic N) is 2. The van der Waals surface area contributed by atoms with Crippen molar-refractivity contribution < 1.29 is 29.1 Å². The molecular formula is C29H24BrClFN3O5. The van der Waals surface area contributed by atoms with E-state index >= 15 is 4.39 Å². The van der Waals surface area contributed by atoms with Gasteiger partial charge in [-0.25, -0.2) is 9.18 Å². The summed E-state index contributed by atoms with van der Waals surface area (Å²) in [4.78, 5) is 41.4. The largest absolute Gasteiger partial charge is 0.478 e. The third-order valence-electron chi connectivity index (χ3n) is 8.13. The maximum atomic E-state index is 15.9. The molecule has 0 aromatic heterocycles. The Morgan fingerprint density at radius 1 is 1.15 bits per heavy atom. The Morgan fingerprint density at radius 3 is 2.55 bits per heavy atom. The summed E-state index contributed by atoms with van der Waals surface area (Å²) in [5.74, 6) is -4.57. The number of carboxylic acids is 1. The quantitative estimate of drug-likeness (QED) is 0.241. The first-order chi connectivity index (χ1) is 19.1. The van der Waals surface area contributed by atoms with Crippen LogP contribution in [0.3, 0.4) is 0 Å². The minimum absolute atomic E-state index is 0.00740. The Morgan fingerprint density at radius 2 is 1.88 bits per heavy atom. The van der Waals surface area contributed by atoms with Crippen LogP contribution in [0.15, 0.2) is 65.1 Å². The van der Waals surface area contributed by atoms with E-state index in [9.17, 15) is 24.7 Å². The number of carbonyl (C=O) groups is 3. The lowest BCUT2D eigenvalue weighted by atomic mass is 9.71. The second-order valence-corrected chi connectivity index (χ2v) is 11.8. The van der Waals surface area contributed by atoms with Gasteiger partial charge >= 0.3 is 5.97 Å². The average Bonchev–Trinajstić information content (AvgIpc) is 3.63. The van der Waals surface area contributed by atoms with Crippen molar-refractivity contribution in [1.82, 2.24) is 4.90 Å². The number of hydrogen-bond acceptors (Lipinski definition) is 5. The van der Waals surface area contributed by atoms with Crippen LogP contribution >= 0.6 is 27.5 Å². The third kappa shape index (κ3) is 4.21. The van der Waals surface area contributed by atoms with Gasteiger partial charge in [-0.3, -0.25) is 19.7 Å². The van der Waals surface area contributed by atoms with Crippen LogP contribution in [0.4, 0.5) is 15.8 Å². The molecule has 2 heterocycles. The summed E-state index contributed by atoms with van der Waals surface area (Å²) < 4.78 is 16.1. The van der Waals surface area contributed by atoms with E-state index in [0.717, 1.165) is 12.8 Å². The molecule has 0 radical (unpaired) electrons. The highest BCUT2D eigenvalue weighted by Gasteiger charge is 2.66. The summed E-state index contributed by atoms with van der Waals surface area (Å²) in [5, 5.41) is 24.1. The van der Waals surface area contributed by atoms with Crippen molar-refractivity contribution in [2.24, 2.45) is 11.8 Å². The molecule has 11 heteroatoms. The van der Waals surface area contributed by atoms with Crippen molar-refractivity contribution in [2.45, 2.75) is 24.3 Å². The highest BCUT2D eigenvalue weighted by atomic mass is 79.9. The Bertz CT molecular complexity index is 1550. The van der Waals surface area contributed by atoms with Crippen LogP contribution in [0.5, 0.6) is 0 Å². The molecule has 3 atom stereocenters. The van der Waals surface area contributed by atoms with Crippen LogP contribution in [0.1, 0.15) is 40.2 Å². The van der Waals surface area contributed by atoms with Gasteiger partial charge in [0.2, 0.25) is 5.91 Å². The molecule has 8 nitrogen and oxygen atoms in total. The summed E-state index contributed by atoms with van der Waals surface area (Å²) in [5.41, 5.74) is -0.125.